The van der Waals surface area contributed by atoms with Crippen molar-refractivity contribution in [1.82, 2.24) is 0 Å². The van der Waals surface area contributed by atoms with Crippen molar-refractivity contribution < 1.29 is 14.2 Å². The Labute approximate surface area is 135 Å². The van der Waals surface area contributed by atoms with Gasteiger partial charge in [0.05, 0.1) is 19.8 Å². The number of ether oxygens (including phenoxy) is 3. The fourth-order valence-electron chi connectivity index (χ4n) is 2.98. The second-order valence-electron chi connectivity index (χ2n) is 6.31. The monoisotopic (exact) mass is 330 g/mol. The first-order chi connectivity index (χ1) is 9.95. The SMILES string of the molecule is CC(C)(C1OCCO1)C1(CCc2ccc(Cl)cc2Cl)CO1. The van der Waals surface area contributed by atoms with Crippen LogP contribution < -0.4 is 0 Å². The van der Waals surface area contributed by atoms with Crippen molar-refractivity contribution in [3.05, 3.63) is 33.8 Å². The van der Waals surface area contributed by atoms with Crippen LogP contribution in [0.4, 0.5) is 0 Å². The van der Waals surface area contributed by atoms with Crippen molar-refractivity contribution in [3.63, 3.8) is 0 Å². The quantitative estimate of drug-likeness (QED) is 0.762. The third-order valence-electron chi connectivity index (χ3n) is 4.69. The van der Waals surface area contributed by atoms with Crippen LogP contribution in [0.25, 0.3) is 0 Å². The number of halogens is 2. The van der Waals surface area contributed by atoms with E-state index in [9.17, 15) is 0 Å². The number of benzene rings is 1. The molecule has 2 fully saturated rings. The number of hydrogen-bond acceptors (Lipinski definition) is 3. The van der Waals surface area contributed by atoms with Gasteiger partial charge in [0.1, 0.15) is 5.60 Å². The van der Waals surface area contributed by atoms with E-state index >= 15 is 0 Å². The molecule has 0 spiro atoms. The van der Waals surface area contributed by atoms with E-state index in [1.807, 2.05) is 12.1 Å². The molecule has 0 aliphatic carbocycles. The lowest BCUT2D eigenvalue weighted by molar-refractivity contribution is -0.147. The highest BCUT2D eigenvalue weighted by molar-refractivity contribution is 6.35. The van der Waals surface area contributed by atoms with E-state index < -0.39 is 0 Å². The summed E-state index contributed by atoms with van der Waals surface area (Å²) in [7, 11) is 0. The van der Waals surface area contributed by atoms with Gasteiger partial charge in [0, 0.05) is 15.5 Å². The molecule has 1 aromatic carbocycles. The summed E-state index contributed by atoms with van der Waals surface area (Å²) in [6.45, 7) is 6.37. The summed E-state index contributed by atoms with van der Waals surface area (Å²) in [5, 5.41) is 1.37. The minimum atomic E-state index is -0.194. The normalized spacial score (nSPS) is 26.3. The van der Waals surface area contributed by atoms with Gasteiger partial charge in [0.2, 0.25) is 0 Å². The van der Waals surface area contributed by atoms with Crippen molar-refractivity contribution in [1.29, 1.82) is 0 Å². The second kappa shape index (κ2) is 5.71. The van der Waals surface area contributed by atoms with Crippen molar-refractivity contribution in [2.75, 3.05) is 19.8 Å². The van der Waals surface area contributed by atoms with E-state index in [1.165, 1.54) is 0 Å². The molecular formula is C16H20Cl2O3. The van der Waals surface area contributed by atoms with Crippen LogP contribution in [0.1, 0.15) is 25.8 Å². The summed E-state index contributed by atoms with van der Waals surface area (Å²) < 4.78 is 17.2. The van der Waals surface area contributed by atoms with Crippen molar-refractivity contribution >= 4 is 23.2 Å². The Kier molecular flexibility index (Phi) is 4.23. The first kappa shape index (κ1) is 15.6. The lowest BCUT2D eigenvalue weighted by atomic mass is 9.75. The highest BCUT2D eigenvalue weighted by atomic mass is 35.5. The predicted octanol–water partition coefficient (Wildman–Crippen LogP) is 4.09. The number of aryl methyl sites for hydroxylation is 1. The van der Waals surface area contributed by atoms with Crippen molar-refractivity contribution in [3.8, 4) is 0 Å². The molecule has 3 rings (SSSR count). The maximum absolute atomic E-state index is 6.25. The van der Waals surface area contributed by atoms with Gasteiger partial charge in [-0.1, -0.05) is 43.1 Å². The molecule has 1 aromatic rings. The molecule has 0 N–H and O–H groups in total. The van der Waals surface area contributed by atoms with E-state index in [0.29, 0.717) is 23.3 Å². The average Bonchev–Trinajstić information content (AvgIpc) is 3.02. The Balaban J connectivity index is 1.69. The Bertz CT molecular complexity index is 520. The standard InChI is InChI=1S/C16H20Cl2O3/c1-15(2,14-19-7-8-20-14)16(10-21-16)6-5-11-3-4-12(17)9-13(11)18/h3-4,9,14H,5-8,10H2,1-2H3. The molecular weight excluding hydrogens is 311 g/mol. The van der Waals surface area contributed by atoms with E-state index in [4.69, 9.17) is 37.4 Å². The minimum Gasteiger partial charge on any atom is -0.369 e. The van der Waals surface area contributed by atoms with E-state index in [-0.39, 0.29) is 17.3 Å². The van der Waals surface area contributed by atoms with Crippen LogP contribution >= 0.6 is 23.2 Å². The highest BCUT2D eigenvalue weighted by Crippen LogP contribution is 2.51. The van der Waals surface area contributed by atoms with E-state index in [1.54, 1.807) is 6.07 Å². The average molecular weight is 331 g/mol. The van der Waals surface area contributed by atoms with Gasteiger partial charge in [-0.05, 0) is 30.5 Å². The Hall–Kier alpha value is -0.320. The van der Waals surface area contributed by atoms with Gasteiger partial charge in [-0.15, -0.1) is 0 Å². The number of hydrogen-bond donors (Lipinski definition) is 0. The maximum Gasteiger partial charge on any atom is 0.165 e. The molecule has 0 amide bonds. The lowest BCUT2D eigenvalue weighted by Crippen LogP contribution is -2.44. The van der Waals surface area contributed by atoms with Crippen LogP contribution in [0.2, 0.25) is 10.0 Å². The molecule has 0 bridgehead atoms. The van der Waals surface area contributed by atoms with Crippen LogP contribution in [-0.2, 0) is 20.6 Å². The lowest BCUT2D eigenvalue weighted by Gasteiger charge is -2.35. The molecule has 116 valence electrons. The third kappa shape index (κ3) is 2.95. The van der Waals surface area contributed by atoms with Crippen LogP contribution in [0, 0.1) is 5.41 Å². The minimum absolute atomic E-state index is 0.178. The van der Waals surface area contributed by atoms with Gasteiger partial charge < -0.3 is 14.2 Å². The molecule has 3 nitrogen and oxygen atoms in total. The molecule has 21 heavy (non-hydrogen) atoms. The fraction of sp³-hybridized carbons (Fsp3) is 0.625. The molecule has 2 aliphatic heterocycles. The van der Waals surface area contributed by atoms with Gasteiger partial charge in [-0.2, -0.15) is 0 Å². The molecule has 0 radical (unpaired) electrons. The Morgan fingerprint density at radius 3 is 2.48 bits per heavy atom. The van der Waals surface area contributed by atoms with Gasteiger partial charge in [0.25, 0.3) is 0 Å². The highest BCUT2D eigenvalue weighted by Gasteiger charge is 2.60. The molecule has 2 heterocycles. The van der Waals surface area contributed by atoms with Crippen LogP contribution in [0.15, 0.2) is 18.2 Å². The zero-order valence-corrected chi connectivity index (χ0v) is 13.8. The number of rotatable bonds is 5. The summed E-state index contributed by atoms with van der Waals surface area (Å²) in [6.07, 6.45) is 1.55. The summed E-state index contributed by atoms with van der Waals surface area (Å²) in [6, 6.07) is 5.64. The smallest absolute Gasteiger partial charge is 0.165 e. The maximum atomic E-state index is 6.25. The van der Waals surface area contributed by atoms with Gasteiger partial charge in [-0.25, -0.2) is 0 Å². The molecule has 0 saturated carbocycles. The first-order valence-electron chi connectivity index (χ1n) is 7.26. The van der Waals surface area contributed by atoms with Crippen molar-refractivity contribution in [2.45, 2.75) is 38.6 Å². The Morgan fingerprint density at radius 2 is 1.90 bits per heavy atom. The van der Waals surface area contributed by atoms with Gasteiger partial charge in [-0.3, -0.25) is 0 Å². The van der Waals surface area contributed by atoms with E-state index in [0.717, 1.165) is 25.0 Å². The summed E-state index contributed by atoms with van der Waals surface area (Å²) in [5.74, 6) is 0. The van der Waals surface area contributed by atoms with Crippen LogP contribution in [0.3, 0.4) is 0 Å². The second-order valence-corrected chi connectivity index (χ2v) is 7.16. The van der Waals surface area contributed by atoms with Gasteiger partial charge in [0.15, 0.2) is 6.29 Å². The molecule has 2 saturated heterocycles. The molecule has 0 aromatic heterocycles. The van der Waals surface area contributed by atoms with Gasteiger partial charge >= 0.3 is 0 Å². The Morgan fingerprint density at radius 1 is 1.24 bits per heavy atom. The zero-order valence-electron chi connectivity index (χ0n) is 12.3. The summed E-state index contributed by atoms with van der Waals surface area (Å²) >= 11 is 12.2. The fourth-order valence-corrected chi connectivity index (χ4v) is 3.48. The first-order valence-corrected chi connectivity index (χ1v) is 8.01. The van der Waals surface area contributed by atoms with Crippen LogP contribution in [-0.4, -0.2) is 31.7 Å². The predicted molar refractivity (Wildman–Crippen MR) is 82.9 cm³/mol. The summed E-state index contributed by atoms with van der Waals surface area (Å²) in [4.78, 5) is 0. The molecule has 1 atom stereocenters. The van der Waals surface area contributed by atoms with E-state index in [2.05, 4.69) is 13.8 Å². The topological polar surface area (TPSA) is 31.0 Å². The zero-order chi connectivity index (χ0) is 15.1. The van der Waals surface area contributed by atoms with Crippen molar-refractivity contribution in [2.24, 2.45) is 5.41 Å². The summed E-state index contributed by atoms with van der Waals surface area (Å²) in [5.41, 5.74) is 0.730. The molecule has 1 unspecified atom stereocenters. The van der Waals surface area contributed by atoms with Crippen LogP contribution in [0.5, 0.6) is 0 Å². The molecule has 5 heteroatoms. The number of epoxide rings is 1. The molecule has 2 aliphatic rings. The third-order valence-corrected chi connectivity index (χ3v) is 5.28. The largest absolute Gasteiger partial charge is 0.369 e.